The van der Waals surface area contributed by atoms with Gasteiger partial charge in [-0.05, 0) is 26.3 Å². The van der Waals surface area contributed by atoms with Crippen LogP contribution in [0.2, 0.25) is 0 Å². The Morgan fingerprint density at radius 1 is 1.40 bits per heavy atom. The van der Waals surface area contributed by atoms with E-state index in [4.69, 9.17) is 4.52 Å². The Morgan fingerprint density at radius 2 is 2.30 bits per heavy atom. The minimum Gasteiger partial charge on any atom is -0.339 e. The Labute approximate surface area is 122 Å². The average Bonchev–Trinajstić information content (AvgIpc) is 3.12. The van der Waals surface area contributed by atoms with E-state index in [1.165, 1.54) is 12.8 Å². The minimum absolute atomic E-state index is 0.370. The van der Waals surface area contributed by atoms with Gasteiger partial charge in [-0.25, -0.2) is 4.98 Å². The Balaban J connectivity index is 1.70. The first-order valence-electron chi connectivity index (χ1n) is 7.23. The van der Waals surface area contributed by atoms with Crippen LogP contribution in [-0.4, -0.2) is 27.7 Å². The van der Waals surface area contributed by atoms with E-state index in [1.54, 1.807) is 11.3 Å². The number of thiazole rings is 1. The molecule has 2 aromatic heterocycles. The molecule has 108 valence electrons. The van der Waals surface area contributed by atoms with E-state index in [9.17, 15) is 0 Å². The summed E-state index contributed by atoms with van der Waals surface area (Å²) < 4.78 is 5.48. The molecule has 1 N–H and O–H groups in total. The molecule has 0 spiro atoms. The molecule has 6 heteroatoms. The van der Waals surface area contributed by atoms with Crippen LogP contribution in [0.25, 0.3) is 0 Å². The maximum atomic E-state index is 5.48. The van der Waals surface area contributed by atoms with E-state index in [-0.39, 0.29) is 0 Å². The molecule has 1 fully saturated rings. The van der Waals surface area contributed by atoms with Gasteiger partial charge in [0.15, 0.2) is 5.82 Å². The van der Waals surface area contributed by atoms with E-state index < -0.39 is 0 Å². The quantitative estimate of drug-likeness (QED) is 0.918. The molecule has 3 rings (SSSR count). The van der Waals surface area contributed by atoms with Gasteiger partial charge in [0, 0.05) is 17.1 Å². The molecule has 0 aliphatic heterocycles. The van der Waals surface area contributed by atoms with Crippen molar-refractivity contribution in [2.24, 2.45) is 0 Å². The molecule has 5 nitrogen and oxygen atoms in total. The number of hydrogen-bond donors (Lipinski definition) is 1. The molecule has 2 aromatic rings. The zero-order chi connectivity index (χ0) is 13.9. The maximum absolute atomic E-state index is 5.48. The van der Waals surface area contributed by atoms with Gasteiger partial charge in [0.2, 0.25) is 5.89 Å². The minimum atomic E-state index is 0.370. The number of nitrogens with zero attached hydrogens (tertiary/aromatic N) is 3. The Kier molecular flexibility index (Phi) is 4.12. The van der Waals surface area contributed by atoms with Gasteiger partial charge in [0.05, 0.1) is 12.3 Å². The molecule has 0 radical (unpaired) electrons. The van der Waals surface area contributed by atoms with E-state index >= 15 is 0 Å². The first-order valence-corrected chi connectivity index (χ1v) is 8.11. The van der Waals surface area contributed by atoms with Crippen molar-refractivity contribution >= 4 is 11.3 Å². The van der Waals surface area contributed by atoms with Crippen LogP contribution in [0.1, 0.15) is 54.5 Å². The summed E-state index contributed by atoms with van der Waals surface area (Å²) in [7, 11) is 0. The van der Waals surface area contributed by atoms with E-state index in [0.29, 0.717) is 18.4 Å². The highest BCUT2D eigenvalue weighted by molar-refractivity contribution is 7.09. The standard InChI is InChI=1S/C14H20N4OS/c1-3-15-11-6-4-5-10(11)14-17-12(18-19-14)7-13-16-9(2)8-20-13/h8,10-11,15H,3-7H2,1-2H3. The topological polar surface area (TPSA) is 63.8 Å². The van der Waals surface area contributed by atoms with Gasteiger partial charge in [-0.3, -0.25) is 0 Å². The van der Waals surface area contributed by atoms with Crippen molar-refractivity contribution in [1.29, 1.82) is 0 Å². The fourth-order valence-electron chi connectivity index (χ4n) is 2.87. The largest absolute Gasteiger partial charge is 0.339 e. The number of aryl methyl sites for hydroxylation is 1. The van der Waals surface area contributed by atoms with Crippen LogP contribution in [0.5, 0.6) is 0 Å². The lowest BCUT2D eigenvalue weighted by molar-refractivity contribution is 0.329. The van der Waals surface area contributed by atoms with E-state index in [1.807, 2.05) is 6.92 Å². The number of aromatic nitrogens is 3. The molecule has 2 atom stereocenters. The first-order chi connectivity index (χ1) is 9.76. The highest BCUT2D eigenvalue weighted by Gasteiger charge is 2.32. The molecular formula is C14H20N4OS. The summed E-state index contributed by atoms with van der Waals surface area (Å²) in [5, 5.41) is 10.7. The van der Waals surface area contributed by atoms with Crippen molar-refractivity contribution in [3.8, 4) is 0 Å². The monoisotopic (exact) mass is 292 g/mol. The second-order valence-corrected chi connectivity index (χ2v) is 6.25. The Morgan fingerprint density at radius 3 is 3.05 bits per heavy atom. The van der Waals surface area contributed by atoms with Crippen molar-refractivity contribution < 1.29 is 4.52 Å². The molecule has 1 aliphatic carbocycles. The molecule has 0 bridgehead atoms. The van der Waals surface area contributed by atoms with Crippen LogP contribution in [0.3, 0.4) is 0 Å². The highest BCUT2D eigenvalue weighted by atomic mass is 32.1. The third-order valence-electron chi connectivity index (χ3n) is 3.76. The van der Waals surface area contributed by atoms with Gasteiger partial charge in [-0.1, -0.05) is 18.5 Å². The highest BCUT2D eigenvalue weighted by Crippen LogP contribution is 2.33. The van der Waals surface area contributed by atoms with E-state index in [0.717, 1.165) is 35.4 Å². The third kappa shape index (κ3) is 2.91. The molecule has 2 unspecified atom stereocenters. The van der Waals surface area contributed by atoms with Gasteiger partial charge in [-0.2, -0.15) is 4.98 Å². The zero-order valence-corrected chi connectivity index (χ0v) is 12.7. The summed E-state index contributed by atoms with van der Waals surface area (Å²) in [5.41, 5.74) is 1.05. The van der Waals surface area contributed by atoms with Gasteiger partial charge in [0.1, 0.15) is 5.01 Å². The van der Waals surface area contributed by atoms with Gasteiger partial charge >= 0.3 is 0 Å². The number of likely N-dealkylation sites (N-methyl/N-ethyl adjacent to an activating group) is 1. The summed E-state index contributed by atoms with van der Waals surface area (Å²) in [4.78, 5) is 9.02. The number of nitrogens with one attached hydrogen (secondary N) is 1. The predicted octanol–water partition coefficient (Wildman–Crippen LogP) is 2.67. The molecule has 2 heterocycles. The normalized spacial score (nSPS) is 22.5. The summed E-state index contributed by atoms with van der Waals surface area (Å²) in [6, 6.07) is 0.482. The molecular weight excluding hydrogens is 272 g/mol. The predicted molar refractivity (Wildman–Crippen MR) is 78.0 cm³/mol. The fourth-order valence-corrected chi connectivity index (χ4v) is 3.64. The molecule has 1 aliphatic rings. The summed E-state index contributed by atoms with van der Waals surface area (Å²) in [6.07, 6.45) is 4.23. The lowest BCUT2D eigenvalue weighted by Crippen LogP contribution is -2.31. The van der Waals surface area contributed by atoms with Crippen LogP contribution in [0.15, 0.2) is 9.90 Å². The van der Waals surface area contributed by atoms with Gasteiger partial charge < -0.3 is 9.84 Å². The molecule has 1 saturated carbocycles. The van der Waals surface area contributed by atoms with Crippen molar-refractivity contribution in [3.05, 3.63) is 27.8 Å². The zero-order valence-electron chi connectivity index (χ0n) is 11.9. The lowest BCUT2D eigenvalue weighted by Gasteiger charge is -2.16. The molecule has 20 heavy (non-hydrogen) atoms. The Bertz CT molecular complexity index is 565. The number of hydrogen-bond acceptors (Lipinski definition) is 6. The smallest absolute Gasteiger partial charge is 0.231 e. The van der Waals surface area contributed by atoms with Crippen molar-refractivity contribution in [3.63, 3.8) is 0 Å². The van der Waals surface area contributed by atoms with Crippen LogP contribution >= 0.6 is 11.3 Å². The van der Waals surface area contributed by atoms with Crippen LogP contribution in [0, 0.1) is 6.92 Å². The van der Waals surface area contributed by atoms with Crippen molar-refractivity contribution in [2.45, 2.75) is 51.5 Å². The maximum Gasteiger partial charge on any atom is 0.231 e. The molecule has 0 amide bonds. The van der Waals surface area contributed by atoms with Crippen molar-refractivity contribution in [2.75, 3.05) is 6.54 Å². The summed E-state index contributed by atoms with van der Waals surface area (Å²) >= 11 is 1.65. The van der Waals surface area contributed by atoms with Crippen LogP contribution in [-0.2, 0) is 6.42 Å². The second-order valence-electron chi connectivity index (χ2n) is 5.31. The van der Waals surface area contributed by atoms with Crippen molar-refractivity contribution in [1.82, 2.24) is 20.4 Å². The SMILES string of the molecule is CCNC1CCCC1c1nc(Cc2nc(C)cs2)no1. The van der Waals surface area contributed by atoms with E-state index in [2.05, 4.69) is 32.7 Å². The van der Waals surface area contributed by atoms with Gasteiger partial charge in [0.25, 0.3) is 0 Å². The lowest BCUT2D eigenvalue weighted by atomic mass is 10.0. The summed E-state index contributed by atoms with van der Waals surface area (Å²) in [6.45, 7) is 5.13. The van der Waals surface area contributed by atoms with Crippen LogP contribution < -0.4 is 5.32 Å². The third-order valence-corrected chi connectivity index (χ3v) is 4.73. The molecule has 0 saturated heterocycles. The summed E-state index contributed by atoms with van der Waals surface area (Å²) in [5.74, 6) is 1.91. The van der Waals surface area contributed by atoms with Crippen LogP contribution in [0.4, 0.5) is 0 Å². The molecule has 0 aromatic carbocycles. The Hall–Kier alpha value is -1.27. The number of rotatable bonds is 5. The first kappa shape index (κ1) is 13.7. The average molecular weight is 292 g/mol. The fraction of sp³-hybridized carbons (Fsp3) is 0.643. The second kappa shape index (κ2) is 6.01. The van der Waals surface area contributed by atoms with Gasteiger partial charge in [-0.15, -0.1) is 11.3 Å².